The van der Waals surface area contributed by atoms with Gasteiger partial charge in [0, 0.05) is 19.6 Å². The van der Waals surface area contributed by atoms with Crippen LogP contribution in [0.15, 0.2) is 36.8 Å². The molecule has 1 atom stereocenters. The molecule has 0 radical (unpaired) electrons. The molecule has 2 aromatic rings. The molecule has 1 aliphatic rings. The number of nitrogens with zero attached hydrogens (tertiary/aromatic N) is 3. The van der Waals surface area contributed by atoms with Crippen LogP contribution in [0.2, 0.25) is 0 Å². The molecule has 0 unspecified atom stereocenters. The number of hydrogen-bond acceptors (Lipinski definition) is 5. The Balaban J connectivity index is 1.71. The Morgan fingerprint density at radius 2 is 2.12 bits per heavy atom. The van der Waals surface area contributed by atoms with Crippen LogP contribution in [0.25, 0.3) is 5.69 Å². The molecule has 140 valence electrons. The number of nitrogens with two attached hydrogens (primary N) is 1. The average molecular weight is 357 g/mol. The number of ether oxygens (including phenoxy) is 1. The van der Waals surface area contributed by atoms with Gasteiger partial charge in [0.2, 0.25) is 5.91 Å². The first-order valence-electron chi connectivity index (χ1n) is 9.16. The van der Waals surface area contributed by atoms with Crippen LogP contribution < -0.4 is 11.1 Å². The summed E-state index contributed by atoms with van der Waals surface area (Å²) in [6.45, 7) is 6.31. The van der Waals surface area contributed by atoms with Gasteiger partial charge in [0.05, 0.1) is 31.1 Å². The number of aromatic nitrogens is 2. The van der Waals surface area contributed by atoms with Gasteiger partial charge in [-0.05, 0) is 18.1 Å². The van der Waals surface area contributed by atoms with E-state index in [4.69, 9.17) is 10.5 Å². The third kappa shape index (κ3) is 4.69. The highest BCUT2D eigenvalue weighted by Crippen LogP contribution is 2.19. The van der Waals surface area contributed by atoms with Crippen molar-refractivity contribution in [2.24, 2.45) is 5.73 Å². The topological polar surface area (TPSA) is 85.4 Å². The van der Waals surface area contributed by atoms with Crippen molar-refractivity contribution in [1.29, 1.82) is 0 Å². The van der Waals surface area contributed by atoms with E-state index in [0.29, 0.717) is 12.2 Å². The SMILES string of the molecule is CCC[C@H](N)C(=O)Nc1cn(-c2ccccc2CN2CCOCC2)cn1. The van der Waals surface area contributed by atoms with Gasteiger partial charge in [-0.25, -0.2) is 4.98 Å². The minimum absolute atomic E-state index is 0.196. The van der Waals surface area contributed by atoms with Gasteiger partial charge < -0.3 is 20.4 Å². The van der Waals surface area contributed by atoms with Gasteiger partial charge in [0.25, 0.3) is 0 Å². The van der Waals surface area contributed by atoms with Gasteiger partial charge >= 0.3 is 0 Å². The van der Waals surface area contributed by atoms with E-state index in [-0.39, 0.29) is 5.91 Å². The zero-order valence-electron chi connectivity index (χ0n) is 15.2. The van der Waals surface area contributed by atoms with E-state index in [9.17, 15) is 4.79 Å². The first kappa shape index (κ1) is 18.6. The standard InChI is InChI=1S/C19H27N5O2/c1-2-5-16(20)19(25)22-18-13-24(14-21-18)17-7-4-3-6-15(17)12-23-8-10-26-11-9-23/h3-4,6-7,13-14,16H,2,5,8-12,20H2,1H3,(H,22,25)/t16-/m0/s1. The van der Waals surface area contributed by atoms with Crippen molar-refractivity contribution in [1.82, 2.24) is 14.5 Å². The van der Waals surface area contributed by atoms with E-state index in [1.54, 1.807) is 6.33 Å². The van der Waals surface area contributed by atoms with Gasteiger partial charge in [-0.2, -0.15) is 0 Å². The lowest BCUT2D eigenvalue weighted by Gasteiger charge is -2.27. The quantitative estimate of drug-likeness (QED) is 0.789. The monoisotopic (exact) mass is 357 g/mol. The molecule has 26 heavy (non-hydrogen) atoms. The second-order valence-electron chi connectivity index (χ2n) is 6.57. The number of benzene rings is 1. The van der Waals surface area contributed by atoms with Crippen LogP contribution in [0.3, 0.4) is 0 Å². The Labute approximate surface area is 154 Å². The second-order valence-corrected chi connectivity index (χ2v) is 6.57. The highest BCUT2D eigenvalue weighted by molar-refractivity contribution is 5.93. The Hall–Kier alpha value is -2.22. The summed E-state index contributed by atoms with van der Waals surface area (Å²) in [4.78, 5) is 18.8. The maximum atomic E-state index is 12.1. The van der Waals surface area contributed by atoms with Crippen LogP contribution in [-0.2, 0) is 16.1 Å². The number of anilines is 1. The summed E-state index contributed by atoms with van der Waals surface area (Å²) in [5.41, 5.74) is 8.13. The third-order valence-electron chi connectivity index (χ3n) is 4.54. The number of nitrogens with one attached hydrogen (secondary N) is 1. The van der Waals surface area contributed by atoms with Crippen molar-refractivity contribution in [3.63, 3.8) is 0 Å². The number of para-hydroxylation sites is 1. The fraction of sp³-hybridized carbons (Fsp3) is 0.474. The zero-order valence-corrected chi connectivity index (χ0v) is 15.2. The summed E-state index contributed by atoms with van der Waals surface area (Å²) in [6.07, 6.45) is 5.08. The van der Waals surface area contributed by atoms with Crippen LogP contribution in [0.5, 0.6) is 0 Å². The Kier molecular flexibility index (Phi) is 6.38. The van der Waals surface area contributed by atoms with Crippen LogP contribution in [0.4, 0.5) is 5.82 Å². The molecule has 7 heteroatoms. The van der Waals surface area contributed by atoms with Crippen LogP contribution in [0.1, 0.15) is 25.3 Å². The normalized spacial score (nSPS) is 16.4. The van der Waals surface area contributed by atoms with Crippen molar-refractivity contribution < 1.29 is 9.53 Å². The minimum atomic E-state index is -0.501. The molecular weight excluding hydrogens is 330 g/mol. The summed E-state index contributed by atoms with van der Waals surface area (Å²) >= 11 is 0. The van der Waals surface area contributed by atoms with Crippen LogP contribution in [-0.4, -0.2) is 52.7 Å². The highest BCUT2D eigenvalue weighted by atomic mass is 16.5. The van der Waals surface area contributed by atoms with Gasteiger partial charge in [0.15, 0.2) is 5.82 Å². The number of rotatable bonds is 7. The highest BCUT2D eigenvalue weighted by Gasteiger charge is 2.16. The molecular formula is C19H27N5O2. The second kappa shape index (κ2) is 8.93. The van der Waals surface area contributed by atoms with E-state index in [0.717, 1.165) is 45.0 Å². The van der Waals surface area contributed by atoms with E-state index in [1.807, 2.05) is 29.8 Å². The zero-order chi connectivity index (χ0) is 18.4. The summed E-state index contributed by atoms with van der Waals surface area (Å²) in [7, 11) is 0. The number of hydrogen-bond donors (Lipinski definition) is 2. The molecule has 1 aliphatic heterocycles. The predicted molar refractivity (Wildman–Crippen MR) is 101 cm³/mol. The molecule has 1 amide bonds. The molecule has 1 aromatic heterocycles. The molecule has 1 aromatic carbocycles. The molecule has 0 bridgehead atoms. The molecule has 0 spiro atoms. The van der Waals surface area contributed by atoms with E-state index >= 15 is 0 Å². The smallest absolute Gasteiger partial charge is 0.242 e. The van der Waals surface area contributed by atoms with E-state index < -0.39 is 6.04 Å². The number of imidazole rings is 1. The molecule has 2 heterocycles. The van der Waals surface area contributed by atoms with Crippen molar-refractivity contribution in [3.05, 3.63) is 42.4 Å². The summed E-state index contributed by atoms with van der Waals surface area (Å²) in [5.74, 6) is 0.321. The molecule has 1 fully saturated rings. The molecule has 0 aliphatic carbocycles. The number of morpholine rings is 1. The van der Waals surface area contributed by atoms with E-state index in [1.165, 1.54) is 5.56 Å². The fourth-order valence-corrected chi connectivity index (χ4v) is 3.08. The summed E-state index contributed by atoms with van der Waals surface area (Å²) < 4.78 is 7.36. The van der Waals surface area contributed by atoms with Crippen molar-refractivity contribution in [3.8, 4) is 5.69 Å². The Morgan fingerprint density at radius 3 is 2.88 bits per heavy atom. The summed E-state index contributed by atoms with van der Waals surface area (Å²) in [5, 5.41) is 2.79. The molecule has 0 saturated carbocycles. The first-order chi connectivity index (χ1) is 12.7. The summed E-state index contributed by atoms with van der Waals surface area (Å²) in [6, 6.07) is 7.74. The van der Waals surface area contributed by atoms with Gasteiger partial charge in [-0.3, -0.25) is 9.69 Å². The maximum Gasteiger partial charge on any atom is 0.242 e. The van der Waals surface area contributed by atoms with Gasteiger partial charge in [-0.1, -0.05) is 31.5 Å². The number of amides is 1. The van der Waals surface area contributed by atoms with Crippen molar-refractivity contribution >= 4 is 11.7 Å². The lowest BCUT2D eigenvalue weighted by molar-refractivity contribution is -0.117. The lowest BCUT2D eigenvalue weighted by atomic mass is 10.1. The van der Waals surface area contributed by atoms with E-state index in [2.05, 4.69) is 27.3 Å². The average Bonchev–Trinajstić information content (AvgIpc) is 3.11. The predicted octanol–water partition coefficient (Wildman–Crippen LogP) is 1.77. The molecule has 1 saturated heterocycles. The third-order valence-corrected chi connectivity index (χ3v) is 4.54. The van der Waals surface area contributed by atoms with Crippen molar-refractivity contribution in [2.75, 3.05) is 31.6 Å². The van der Waals surface area contributed by atoms with Crippen molar-refractivity contribution in [2.45, 2.75) is 32.4 Å². The molecule has 3 rings (SSSR count). The maximum absolute atomic E-state index is 12.1. The Morgan fingerprint density at radius 1 is 1.35 bits per heavy atom. The first-order valence-corrected chi connectivity index (χ1v) is 9.16. The van der Waals surface area contributed by atoms with Crippen LogP contribution >= 0.6 is 0 Å². The van der Waals surface area contributed by atoms with Crippen LogP contribution in [0, 0.1) is 0 Å². The Bertz CT molecular complexity index is 724. The van der Waals surface area contributed by atoms with Gasteiger partial charge in [-0.15, -0.1) is 0 Å². The minimum Gasteiger partial charge on any atom is -0.379 e. The largest absolute Gasteiger partial charge is 0.379 e. The van der Waals surface area contributed by atoms with Gasteiger partial charge in [0.1, 0.15) is 6.33 Å². The number of carbonyl (C=O) groups excluding carboxylic acids is 1. The molecule has 3 N–H and O–H groups in total. The lowest BCUT2D eigenvalue weighted by Crippen LogP contribution is -2.35. The fourth-order valence-electron chi connectivity index (χ4n) is 3.08. The molecule has 7 nitrogen and oxygen atoms in total. The number of carbonyl (C=O) groups is 1.